The molecule has 0 fully saturated rings. The van der Waals surface area contributed by atoms with Gasteiger partial charge in [-0.25, -0.2) is 0 Å². The van der Waals surface area contributed by atoms with Gasteiger partial charge in [-0.3, -0.25) is 0 Å². The van der Waals surface area contributed by atoms with E-state index in [0.29, 0.717) is 0 Å². The lowest BCUT2D eigenvalue weighted by Gasteiger charge is -2.05. The van der Waals surface area contributed by atoms with Crippen molar-refractivity contribution in [2.24, 2.45) is 0 Å². The first-order valence-electron chi connectivity index (χ1n) is 9.30. The molecule has 0 bridgehead atoms. The van der Waals surface area contributed by atoms with Crippen molar-refractivity contribution in [3.05, 3.63) is 115 Å². The highest BCUT2D eigenvalue weighted by Gasteiger charge is 2.01. The standard InChI is InChI=1S/C13H10BrI.C13H11I/c14-9-10-5-7-11(8-6-10)12-3-1-2-4-13(12)15;1-10-6-8-11(9-7-10)12-4-2-3-5-13(12)14/h1-8H,9H2;2-9H,1H3. The van der Waals surface area contributed by atoms with Gasteiger partial charge < -0.3 is 0 Å². The summed E-state index contributed by atoms with van der Waals surface area (Å²) in [4.78, 5) is 0. The van der Waals surface area contributed by atoms with E-state index in [1.165, 1.54) is 40.5 Å². The van der Waals surface area contributed by atoms with Crippen LogP contribution < -0.4 is 0 Å². The smallest absolute Gasteiger partial charge is 0.0283 e. The van der Waals surface area contributed by atoms with Crippen molar-refractivity contribution in [2.75, 3.05) is 0 Å². The zero-order valence-corrected chi connectivity index (χ0v) is 22.0. The predicted octanol–water partition coefficient (Wildman–Crippen LogP) is 9.12. The molecule has 0 aromatic heterocycles. The Balaban J connectivity index is 0.000000166. The summed E-state index contributed by atoms with van der Waals surface area (Å²) in [5, 5.41) is 0.916. The van der Waals surface area contributed by atoms with Crippen molar-refractivity contribution in [3.8, 4) is 22.3 Å². The highest BCUT2D eigenvalue weighted by atomic mass is 127. The molecule has 0 saturated heterocycles. The van der Waals surface area contributed by atoms with E-state index < -0.39 is 0 Å². The SMILES string of the molecule is BrCc1ccc(-c2ccccc2I)cc1.Cc1ccc(-c2ccccc2I)cc1. The predicted molar refractivity (Wildman–Crippen MR) is 147 cm³/mol. The molecule has 3 heteroatoms. The molecule has 0 spiro atoms. The number of alkyl halides is 1. The molecule has 0 aliphatic rings. The summed E-state index contributed by atoms with van der Waals surface area (Å²) in [5.41, 5.74) is 7.81. The fourth-order valence-electron chi connectivity index (χ4n) is 2.90. The topological polar surface area (TPSA) is 0 Å². The summed E-state index contributed by atoms with van der Waals surface area (Å²) in [7, 11) is 0. The van der Waals surface area contributed by atoms with Crippen LogP contribution in [0.25, 0.3) is 22.3 Å². The fraction of sp³-hybridized carbons (Fsp3) is 0.0769. The Morgan fingerprint density at radius 1 is 0.586 bits per heavy atom. The molecule has 0 atom stereocenters. The third kappa shape index (κ3) is 6.40. The number of hydrogen-bond donors (Lipinski definition) is 0. The molecule has 0 N–H and O–H groups in total. The van der Waals surface area contributed by atoms with Crippen molar-refractivity contribution >= 4 is 61.1 Å². The molecule has 146 valence electrons. The first-order valence-corrected chi connectivity index (χ1v) is 12.6. The van der Waals surface area contributed by atoms with E-state index in [9.17, 15) is 0 Å². The minimum atomic E-state index is 0.916. The summed E-state index contributed by atoms with van der Waals surface area (Å²) in [5.74, 6) is 0. The molecular weight excluding hydrogens is 646 g/mol. The second-order valence-electron chi connectivity index (χ2n) is 6.66. The van der Waals surface area contributed by atoms with E-state index in [1.54, 1.807) is 0 Å². The van der Waals surface area contributed by atoms with Crippen molar-refractivity contribution in [1.29, 1.82) is 0 Å². The Morgan fingerprint density at radius 2 is 1.00 bits per heavy atom. The lowest BCUT2D eigenvalue weighted by atomic mass is 10.0. The second-order valence-corrected chi connectivity index (χ2v) is 9.54. The van der Waals surface area contributed by atoms with Crippen LogP contribution in [-0.2, 0) is 5.33 Å². The Labute approximate surface area is 209 Å². The molecule has 4 aromatic rings. The molecule has 0 saturated carbocycles. The number of hydrogen-bond acceptors (Lipinski definition) is 0. The van der Waals surface area contributed by atoms with Gasteiger partial charge in [0, 0.05) is 12.5 Å². The maximum Gasteiger partial charge on any atom is 0.0283 e. The van der Waals surface area contributed by atoms with Gasteiger partial charge in [0.1, 0.15) is 0 Å². The maximum absolute atomic E-state index is 3.45. The molecule has 4 rings (SSSR count). The molecule has 0 amide bonds. The maximum atomic E-state index is 3.45. The van der Waals surface area contributed by atoms with Gasteiger partial charge in [-0.05, 0) is 92.1 Å². The van der Waals surface area contributed by atoms with E-state index >= 15 is 0 Å². The Morgan fingerprint density at radius 3 is 1.41 bits per heavy atom. The van der Waals surface area contributed by atoms with Crippen LogP contribution in [0.4, 0.5) is 0 Å². The van der Waals surface area contributed by atoms with Crippen molar-refractivity contribution < 1.29 is 0 Å². The fourth-order valence-corrected chi connectivity index (χ4v) is 4.67. The average molecular weight is 667 g/mol. The van der Waals surface area contributed by atoms with Gasteiger partial charge in [0.05, 0.1) is 0 Å². The van der Waals surface area contributed by atoms with Crippen LogP contribution in [0.3, 0.4) is 0 Å². The van der Waals surface area contributed by atoms with E-state index in [2.05, 4.69) is 165 Å². The van der Waals surface area contributed by atoms with Gasteiger partial charge in [-0.15, -0.1) is 0 Å². The quantitative estimate of drug-likeness (QED) is 0.151. The average Bonchev–Trinajstić information content (AvgIpc) is 2.76. The highest BCUT2D eigenvalue weighted by molar-refractivity contribution is 14.1. The second kappa shape index (κ2) is 11.3. The van der Waals surface area contributed by atoms with Crippen LogP contribution in [-0.4, -0.2) is 0 Å². The van der Waals surface area contributed by atoms with Crippen LogP contribution in [0, 0.1) is 14.1 Å². The monoisotopic (exact) mass is 666 g/mol. The first kappa shape index (κ1) is 22.5. The summed E-state index contributed by atoms with van der Waals surface area (Å²) in [6.07, 6.45) is 0. The van der Waals surface area contributed by atoms with Crippen molar-refractivity contribution in [2.45, 2.75) is 12.3 Å². The molecule has 0 aliphatic carbocycles. The zero-order chi connectivity index (χ0) is 20.6. The van der Waals surface area contributed by atoms with Gasteiger partial charge >= 0.3 is 0 Å². The Bertz CT molecular complexity index is 1050. The van der Waals surface area contributed by atoms with E-state index in [-0.39, 0.29) is 0 Å². The van der Waals surface area contributed by atoms with Gasteiger partial charge in [-0.2, -0.15) is 0 Å². The van der Waals surface area contributed by atoms with Crippen molar-refractivity contribution in [1.82, 2.24) is 0 Å². The van der Waals surface area contributed by atoms with Gasteiger partial charge in [0.2, 0.25) is 0 Å². The summed E-state index contributed by atoms with van der Waals surface area (Å²) >= 11 is 8.20. The van der Waals surface area contributed by atoms with E-state index in [0.717, 1.165) is 5.33 Å². The van der Waals surface area contributed by atoms with Crippen LogP contribution in [0.15, 0.2) is 97.1 Å². The molecule has 0 radical (unpaired) electrons. The minimum Gasteiger partial charge on any atom is -0.0876 e. The highest BCUT2D eigenvalue weighted by Crippen LogP contribution is 2.26. The molecule has 0 nitrogen and oxygen atoms in total. The van der Waals surface area contributed by atoms with Crippen LogP contribution in [0.2, 0.25) is 0 Å². The Kier molecular flexibility index (Phi) is 8.75. The normalized spacial score (nSPS) is 10.2. The number of rotatable bonds is 3. The van der Waals surface area contributed by atoms with Crippen LogP contribution in [0.1, 0.15) is 11.1 Å². The lowest BCUT2D eigenvalue weighted by Crippen LogP contribution is -1.83. The Hall–Kier alpha value is -1.18. The molecule has 29 heavy (non-hydrogen) atoms. The molecular formula is C26H21BrI2. The summed E-state index contributed by atoms with van der Waals surface area (Å²) in [6, 6.07) is 34.2. The zero-order valence-electron chi connectivity index (χ0n) is 16.1. The molecule has 0 unspecified atom stereocenters. The van der Waals surface area contributed by atoms with Gasteiger partial charge in [-0.1, -0.05) is 106 Å². The third-order valence-corrected chi connectivity index (χ3v) is 7.06. The minimum absolute atomic E-state index is 0.916. The largest absolute Gasteiger partial charge is 0.0876 e. The number of halogens is 3. The van der Waals surface area contributed by atoms with Gasteiger partial charge in [0.15, 0.2) is 0 Å². The molecule has 0 aliphatic heterocycles. The number of aryl methyl sites for hydroxylation is 1. The van der Waals surface area contributed by atoms with E-state index in [4.69, 9.17) is 0 Å². The lowest BCUT2D eigenvalue weighted by molar-refractivity contribution is 1.43. The molecule has 0 heterocycles. The number of benzene rings is 4. The van der Waals surface area contributed by atoms with Gasteiger partial charge in [0.25, 0.3) is 0 Å². The van der Waals surface area contributed by atoms with E-state index in [1.807, 2.05) is 0 Å². The summed E-state index contributed by atoms with van der Waals surface area (Å²) in [6.45, 7) is 2.11. The third-order valence-electron chi connectivity index (χ3n) is 4.53. The molecule has 4 aromatic carbocycles. The summed E-state index contributed by atoms with van der Waals surface area (Å²) < 4.78 is 2.59. The van der Waals surface area contributed by atoms with Crippen LogP contribution >= 0.6 is 61.1 Å². The first-order chi connectivity index (χ1) is 14.1. The van der Waals surface area contributed by atoms with Crippen LogP contribution in [0.5, 0.6) is 0 Å². The van der Waals surface area contributed by atoms with Crippen molar-refractivity contribution in [3.63, 3.8) is 0 Å².